The van der Waals surface area contributed by atoms with Crippen molar-refractivity contribution >= 4 is 52.4 Å². The van der Waals surface area contributed by atoms with E-state index in [1.807, 2.05) is 30.3 Å². The van der Waals surface area contributed by atoms with E-state index in [1.54, 1.807) is 30.3 Å². The van der Waals surface area contributed by atoms with Gasteiger partial charge in [-0.3, -0.25) is 19.8 Å². The molecule has 0 aliphatic heterocycles. The fraction of sp³-hybridized carbons (Fsp3) is 0.130. The number of benzene rings is 3. The molecule has 6 N–H and O–H groups in total. The van der Waals surface area contributed by atoms with Gasteiger partial charge in [0.15, 0.2) is 5.96 Å². The monoisotopic (exact) mass is 453 g/mol. The fourth-order valence-electron chi connectivity index (χ4n) is 3.03. The first-order valence-electron chi connectivity index (χ1n) is 9.75. The zero-order valence-corrected chi connectivity index (χ0v) is 18.0. The van der Waals surface area contributed by atoms with Gasteiger partial charge in [-0.05, 0) is 41.5 Å². The van der Waals surface area contributed by atoms with Crippen molar-refractivity contribution in [3.63, 3.8) is 0 Å². The number of fused-ring (bicyclic) bond motifs is 1. The van der Waals surface area contributed by atoms with Gasteiger partial charge >= 0.3 is 0 Å². The molecule has 0 atom stereocenters. The molecule has 0 saturated carbocycles. The van der Waals surface area contributed by atoms with Crippen molar-refractivity contribution in [3.05, 3.63) is 77.9 Å². The van der Waals surface area contributed by atoms with Gasteiger partial charge in [-0.2, -0.15) is 0 Å². The van der Waals surface area contributed by atoms with Crippen LogP contribution >= 0.6 is 12.4 Å². The average Bonchev–Trinajstić information content (AvgIpc) is 2.78. The van der Waals surface area contributed by atoms with Crippen LogP contribution in [0.15, 0.2) is 66.7 Å². The number of ketones is 1. The Morgan fingerprint density at radius 3 is 2.25 bits per heavy atom. The summed E-state index contributed by atoms with van der Waals surface area (Å²) in [4.78, 5) is 37.6. The van der Waals surface area contributed by atoms with E-state index >= 15 is 0 Å². The number of anilines is 1. The number of carbonyl (C=O) groups excluding carboxylic acids is 3. The van der Waals surface area contributed by atoms with Crippen LogP contribution in [0, 0.1) is 5.41 Å². The first kappa shape index (κ1) is 24.4. The lowest BCUT2D eigenvalue weighted by molar-refractivity contribution is -0.117. The summed E-state index contributed by atoms with van der Waals surface area (Å²) in [7, 11) is 0. The Morgan fingerprint density at radius 1 is 0.844 bits per heavy atom. The Bertz CT molecular complexity index is 1150. The van der Waals surface area contributed by atoms with E-state index in [0.29, 0.717) is 18.5 Å². The molecule has 3 rings (SSSR count). The molecular formula is C23H24ClN5O3. The predicted molar refractivity (Wildman–Crippen MR) is 127 cm³/mol. The molecule has 0 aliphatic rings. The third-order valence-corrected chi connectivity index (χ3v) is 4.59. The number of hydrogen-bond donors (Lipinski definition) is 5. The van der Waals surface area contributed by atoms with Gasteiger partial charge in [0, 0.05) is 18.7 Å². The first-order chi connectivity index (χ1) is 15.0. The molecule has 0 aliphatic carbocycles. The van der Waals surface area contributed by atoms with Crippen molar-refractivity contribution in [1.82, 2.24) is 10.6 Å². The van der Waals surface area contributed by atoms with Gasteiger partial charge in [-0.25, -0.2) is 0 Å². The lowest BCUT2D eigenvalue weighted by Crippen LogP contribution is -2.35. The van der Waals surface area contributed by atoms with Gasteiger partial charge in [0.1, 0.15) is 0 Å². The second-order valence-corrected chi connectivity index (χ2v) is 6.84. The zero-order valence-electron chi connectivity index (χ0n) is 17.2. The maximum absolute atomic E-state index is 12.7. The van der Waals surface area contributed by atoms with Crippen LogP contribution in [-0.2, 0) is 4.79 Å². The molecule has 2 amide bonds. The van der Waals surface area contributed by atoms with Crippen LogP contribution in [0.5, 0.6) is 0 Å². The highest BCUT2D eigenvalue weighted by Crippen LogP contribution is 2.19. The van der Waals surface area contributed by atoms with Crippen LogP contribution in [0.25, 0.3) is 10.8 Å². The van der Waals surface area contributed by atoms with E-state index in [-0.39, 0.29) is 42.1 Å². The van der Waals surface area contributed by atoms with Crippen LogP contribution in [0.2, 0.25) is 0 Å². The molecular weight excluding hydrogens is 430 g/mol. The van der Waals surface area contributed by atoms with Gasteiger partial charge in [-0.15, -0.1) is 12.4 Å². The van der Waals surface area contributed by atoms with E-state index in [1.165, 1.54) is 6.07 Å². The minimum atomic E-state index is -0.768. The standard InChI is InChI=1S/C23H23N5O3.ClH/c24-23(25)27-13-5-12-26-22(31)20(29)18-8-3-4-9-19(18)28-21(30)17-11-10-15-6-1-2-7-16(15)14-17;/h1-4,6-11,14H,5,12-13H2,(H,26,31)(H,28,30)(H4,24,25,27);1H. The molecule has 3 aromatic rings. The fourth-order valence-corrected chi connectivity index (χ4v) is 3.03. The first-order valence-corrected chi connectivity index (χ1v) is 9.75. The van der Waals surface area contributed by atoms with Gasteiger partial charge in [0.05, 0.1) is 11.3 Å². The van der Waals surface area contributed by atoms with E-state index in [2.05, 4.69) is 16.0 Å². The molecule has 0 radical (unpaired) electrons. The van der Waals surface area contributed by atoms with E-state index in [9.17, 15) is 14.4 Å². The number of rotatable bonds is 8. The number of nitrogens with one attached hydrogen (secondary N) is 4. The second kappa shape index (κ2) is 11.5. The summed E-state index contributed by atoms with van der Waals surface area (Å²) in [5.41, 5.74) is 6.00. The van der Waals surface area contributed by atoms with E-state index < -0.39 is 11.7 Å². The summed E-state index contributed by atoms with van der Waals surface area (Å²) in [6.07, 6.45) is 0.499. The Hall–Kier alpha value is -3.91. The second-order valence-electron chi connectivity index (χ2n) is 6.84. The molecule has 0 bridgehead atoms. The lowest BCUT2D eigenvalue weighted by atomic mass is 10.1. The highest BCUT2D eigenvalue weighted by Gasteiger charge is 2.20. The SMILES string of the molecule is Cl.N=C(N)NCCCNC(=O)C(=O)c1ccccc1NC(=O)c1ccc2ccccc2c1. The molecule has 8 nitrogen and oxygen atoms in total. The summed E-state index contributed by atoms with van der Waals surface area (Å²) in [5, 5.41) is 16.9. The molecule has 166 valence electrons. The van der Waals surface area contributed by atoms with Crippen molar-refractivity contribution in [3.8, 4) is 0 Å². The molecule has 0 unspecified atom stereocenters. The molecule has 3 aromatic carbocycles. The highest BCUT2D eigenvalue weighted by atomic mass is 35.5. The maximum atomic E-state index is 12.7. The zero-order chi connectivity index (χ0) is 22.2. The summed E-state index contributed by atoms with van der Waals surface area (Å²) >= 11 is 0. The molecule has 32 heavy (non-hydrogen) atoms. The number of guanidine groups is 1. The van der Waals surface area contributed by atoms with Crippen molar-refractivity contribution in [2.75, 3.05) is 18.4 Å². The van der Waals surface area contributed by atoms with Crippen LogP contribution in [0.4, 0.5) is 5.69 Å². The van der Waals surface area contributed by atoms with E-state index in [4.69, 9.17) is 11.1 Å². The third kappa shape index (κ3) is 6.29. The number of nitrogens with two attached hydrogens (primary N) is 1. The molecule has 0 aromatic heterocycles. The molecule has 0 fully saturated rings. The Morgan fingerprint density at radius 2 is 1.50 bits per heavy atom. The minimum absolute atomic E-state index is 0. The largest absolute Gasteiger partial charge is 0.370 e. The normalized spacial score (nSPS) is 10.0. The Balaban J connectivity index is 0.00000363. The van der Waals surface area contributed by atoms with E-state index in [0.717, 1.165) is 10.8 Å². The highest BCUT2D eigenvalue weighted by molar-refractivity contribution is 6.44. The third-order valence-electron chi connectivity index (χ3n) is 4.59. The number of hydrogen-bond acceptors (Lipinski definition) is 4. The number of Topliss-reactive ketones (excluding diaryl/α,β-unsaturated/α-hetero) is 1. The quantitative estimate of drug-likeness (QED) is 0.117. The smallest absolute Gasteiger partial charge is 0.292 e. The van der Waals surface area contributed by atoms with Crippen molar-refractivity contribution in [1.29, 1.82) is 5.41 Å². The van der Waals surface area contributed by atoms with Gasteiger partial charge < -0.3 is 21.7 Å². The summed E-state index contributed by atoms with van der Waals surface area (Å²) < 4.78 is 0. The Kier molecular flexibility index (Phi) is 8.73. The van der Waals surface area contributed by atoms with Crippen molar-refractivity contribution in [2.24, 2.45) is 5.73 Å². The summed E-state index contributed by atoms with van der Waals surface area (Å²) in [5.74, 6) is -2.04. The van der Waals surface area contributed by atoms with Crippen LogP contribution in [-0.4, -0.2) is 36.6 Å². The van der Waals surface area contributed by atoms with Crippen LogP contribution < -0.4 is 21.7 Å². The number of para-hydroxylation sites is 1. The van der Waals surface area contributed by atoms with Gasteiger partial charge in [0.2, 0.25) is 0 Å². The number of carbonyl (C=O) groups is 3. The molecule has 0 saturated heterocycles. The summed E-state index contributed by atoms with van der Waals surface area (Å²) in [6, 6.07) is 19.4. The number of halogens is 1. The number of amides is 2. The average molecular weight is 454 g/mol. The topological polar surface area (TPSA) is 137 Å². The van der Waals surface area contributed by atoms with Crippen LogP contribution in [0.3, 0.4) is 0 Å². The Labute approximate surface area is 191 Å². The van der Waals surface area contributed by atoms with Gasteiger partial charge in [-0.1, -0.05) is 42.5 Å². The lowest BCUT2D eigenvalue weighted by Gasteiger charge is -2.11. The minimum Gasteiger partial charge on any atom is -0.370 e. The molecule has 0 spiro atoms. The molecule has 0 heterocycles. The van der Waals surface area contributed by atoms with Crippen molar-refractivity contribution < 1.29 is 14.4 Å². The van der Waals surface area contributed by atoms with Crippen molar-refractivity contribution in [2.45, 2.75) is 6.42 Å². The predicted octanol–water partition coefficient (Wildman–Crippen LogP) is 2.69. The summed E-state index contributed by atoms with van der Waals surface area (Å²) in [6.45, 7) is 0.651. The molecule has 9 heteroatoms. The van der Waals surface area contributed by atoms with Gasteiger partial charge in [0.25, 0.3) is 17.6 Å². The maximum Gasteiger partial charge on any atom is 0.292 e. The van der Waals surface area contributed by atoms with Crippen LogP contribution in [0.1, 0.15) is 27.1 Å².